The Kier molecular flexibility index (Phi) is 5.79. The van der Waals surface area contributed by atoms with E-state index in [1.54, 1.807) is 13.0 Å². The largest absolute Gasteiger partial charge is 0.416 e. The van der Waals surface area contributed by atoms with Crippen molar-refractivity contribution in [3.8, 4) is 11.1 Å². The molecule has 0 amide bonds. The summed E-state index contributed by atoms with van der Waals surface area (Å²) in [6, 6.07) is 9.15. The molecule has 1 heterocycles. The second-order valence-corrected chi connectivity index (χ2v) is 8.60. The summed E-state index contributed by atoms with van der Waals surface area (Å²) >= 11 is 6.11. The third kappa shape index (κ3) is 4.41. The SMILES string of the molecule is Cc1ccc(Cl)c(-c2ccc(NS(=O)(=O)c3cccc(C(F)(F)F)c3)nc2C)c1F. The van der Waals surface area contributed by atoms with Crippen molar-refractivity contribution in [2.24, 2.45) is 0 Å². The fourth-order valence-electron chi connectivity index (χ4n) is 2.82. The molecule has 0 saturated carbocycles. The topological polar surface area (TPSA) is 59.1 Å². The van der Waals surface area contributed by atoms with Gasteiger partial charge in [-0.25, -0.2) is 17.8 Å². The van der Waals surface area contributed by atoms with E-state index in [1.807, 2.05) is 0 Å². The number of halogens is 5. The Morgan fingerprint density at radius 3 is 2.37 bits per heavy atom. The number of anilines is 1. The first-order valence-electron chi connectivity index (χ1n) is 8.53. The number of aromatic nitrogens is 1. The van der Waals surface area contributed by atoms with E-state index in [-0.39, 0.29) is 22.1 Å². The number of sulfonamides is 1. The molecule has 1 aromatic heterocycles. The zero-order valence-corrected chi connectivity index (χ0v) is 17.3. The quantitative estimate of drug-likeness (QED) is 0.489. The summed E-state index contributed by atoms with van der Waals surface area (Å²) in [7, 11) is -4.33. The van der Waals surface area contributed by atoms with Crippen LogP contribution in [0.25, 0.3) is 11.1 Å². The number of aryl methyl sites for hydroxylation is 2. The highest BCUT2D eigenvalue weighted by atomic mass is 35.5. The van der Waals surface area contributed by atoms with Crippen LogP contribution in [-0.4, -0.2) is 13.4 Å². The number of hydrogen-bond donors (Lipinski definition) is 1. The Balaban J connectivity index is 1.96. The minimum atomic E-state index is -4.68. The van der Waals surface area contributed by atoms with Crippen molar-refractivity contribution in [3.63, 3.8) is 0 Å². The molecule has 0 saturated heterocycles. The zero-order chi connectivity index (χ0) is 22.3. The van der Waals surface area contributed by atoms with E-state index in [9.17, 15) is 26.0 Å². The minimum absolute atomic E-state index is 0.127. The molecule has 1 N–H and O–H groups in total. The van der Waals surface area contributed by atoms with E-state index in [0.29, 0.717) is 17.2 Å². The number of alkyl halides is 3. The van der Waals surface area contributed by atoms with Crippen LogP contribution in [0.2, 0.25) is 5.02 Å². The van der Waals surface area contributed by atoms with Crippen LogP contribution in [0.15, 0.2) is 53.4 Å². The molecule has 0 radical (unpaired) electrons. The molecule has 3 aromatic rings. The van der Waals surface area contributed by atoms with E-state index in [4.69, 9.17) is 11.6 Å². The number of hydrogen-bond acceptors (Lipinski definition) is 3. The summed E-state index contributed by atoms with van der Waals surface area (Å²) in [6.07, 6.45) is -4.68. The van der Waals surface area contributed by atoms with Gasteiger partial charge in [-0.2, -0.15) is 13.2 Å². The predicted molar refractivity (Wildman–Crippen MR) is 106 cm³/mol. The van der Waals surface area contributed by atoms with Crippen LogP contribution in [0, 0.1) is 19.7 Å². The number of nitrogens with one attached hydrogen (secondary N) is 1. The molecule has 0 aliphatic carbocycles. The fraction of sp³-hybridized carbons (Fsp3) is 0.150. The van der Waals surface area contributed by atoms with E-state index in [2.05, 4.69) is 9.71 Å². The van der Waals surface area contributed by atoms with Gasteiger partial charge in [0.25, 0.3) is 10.0 Å². The molecule has 0 spiro atoms. The lowest BCUT2D eigenvalue weighted by Gasteiger charge is -2.14. The van der Waals surface area contributed by atoms with Gasteiger partial charge in [-0.1, -0.05) is 23.7 Å². The molecule has 0 unspecified atom stereocenters. The molecule has 0 bridgehead atoms. The molecular weight excluding hydrogens is 444 g/mol. The van der Waals surface area contributed by atoms with Gasteiger partial charge in [0.15, 0.2) is 0 Å². The van der Waals surface area contributed by atoms with Crippen LogP contribution >= 0.6 is 11.6 Å². The summed E-state index contributed by atoms with van der Waals surface area (Å²) in [5.41, 5.74) is 0.0698. The maximum absolute atomic E-state index is 14.5. The van der Waals surface area contributed by atoms with Crippen molar-refractivity contribution < 1.29 is 26.0 Å². The number of benzene rings is 2. The van der Waals surface area contributed by atoms with Crippen LogP contribution in [0.1, 0.15) is 16.8 Å². The van der Waals surface area contributed by atoms with Crippen molar-refractivity contribution in [1.82, 2.24) is 4.98 Å². The first-order chi connectivity index (χ1) is 13.9. The second-order valence-electron chi connectivity index (χ2n) is 6.51. The molecule has 4 nitrogen and oxygen atoms in total. The minimum Gasteiger partial charge on any atom is -0.263 e. The molecule has 10 heteroatoms. The lowest BCUT2D eigenvalue weighted by Crippen LogP contribution is -2.15. The van der Waals surface area contributed by atoms with Gasteiger partial charge in [0.1, 0.15) is 11.6 Å². The average Bonchev–Trinajstić information content (AvgIpc) is 2.66. The Bertz CT molecular complexity index is 1230. The smallest absolute Gasteiger partial charge is 0.263 e. The summed E-state index contributed by atoms with van der Waals surface area (Å²) in [5, 5.41) is 0.167. The van der Waals surface area contributed by atoms with Gasteiger partial charge in [-0.3, -0.25) is 4.72 Å². The fourth-order valence-corrected chi connectivity index (χ4v) is 4.12. The first kappa shape index (κ1) is 22.0. The van der Waals surface area contributed by atoms with Crippen LogP contribution in [0.4, 0.5) is 23.4 Å². The van der Waals surface area contributed by atoms with Crippen LogP contribution in [0.5, 0.6) is 0 Å². The lowest BCUT2D eigenvalue weighted by atomic mass is 10.0. The van der Waals surface area contributed by atoms with Gasteiger partial charge in [0, 0.05) is 16.8 Å². The summed E-state index contributed by atoms with van der Waals surface area (Å²) < 4.78 is 80.3. The monoisotopic (exact) mass is 458 g/mol. The van der Waals surface area contributed by atoms with Gasteiger partial charge in [0.05, 0.1) is 15.5 Å². The summed E-state index contributed by atoms with van der Waals surface area (Å²) in [6.45, 7) is 3.12. The van der Waals surface area contributed by atoms with Crippen molar-refractivity contribution in [3.05, 3.63) is 76.2 Å². The van der Waals surface area contributed by atoms with Crippen molar-refractivity contribution >= 4 is 27.4 Å². The van der Waals surface area contributed by atoms with Crippen molar-refractivity contribution in [1.29, 1.82) is 0 Å². The van der Waals surface area contributed by atoms with Gasteiger partial charge < -0.3 is 0 Å². The van der Waals surface area contributed by atoms with Crippen molar-refractivity contribution in [2.45, 2.75) is 24.9 Å². The molecule has 0 fully saturated rings. The Hall–Kier alpha value is -2.65. The van der Waals surface area contributed by atoms with Crippen LogP contribution < -0.4 is 4.72 Å². The first-order valence-corrected chi connectivity index (χ1v) is 10.4. The number of pyridine rings is 1. The molecule has 3 rings (SSSR count). The molecule has 2 aromatic carbocycles. The standard InChI is InChI=1S/C20H15ClF4N2O2S/c1-11-6-8-16(21)18(19(11)22)15-7-9-17(26-12(15)2)27-30(28,29)14-5-3-4-13(10-14)20(23,24)25/h3-10H,1-2H3,(H,26,27). The third-order valence-corrected chi connectivity index (χ3v) is 6.02. The number of rotatable bonds is 4. The Labute approximate surface area is 175 Å². The third-order valence-electron chi connectivity index (χ3n) is 4.35. The van der Waals surface area contributed by atoms with Gasteiger partial charge in [-0.05, 0) is 55.8 Å². The molecule has 158 valence electrons. The number of nitrogens with zero attached hydrogens (tertiary/aromatic N) is 1. The summed E-state index contributed by atoms with van der Waals surface area (Å²) in [4.78, 5) is 3.54. The maximum atomic E-state index is 14.5. The highest BCUT2D eigenvalue weighted by molar-refractivity contribution is 7.92. The normalized spacial score (nSPS) is 12.1. The van der Waals surface area contributed by atoms with E-state index < -0.39 is 32.5 Å². The second kappa shape index (κ2) is 7.88. The highest BCUT2D eigenvalue weighted by Crippen LogP contribution is 2.35. The molecule has 0 aliphatic heterocycles. The van der Waals surface area contributed by atoms with Crippen molar-refractivity contribution in [2.75, 3.05) is 4.72 Å². The molecular formula is C20H15ClF4N2O2S. The molecule has 30 heavy (non-hydrogen) atoms. The van der Waals surface area contributed by atoms with E-state index >= 15 is 0 Å². The van der Waals surface area contributed by atoms with Crippen LogP contribution in [0.3, 0.4) is 0 Å². The lowest BCUT2D eigenvalue weighted by molar-refractivity contribution is -0.137. The highest BCUT2D eigenvalue weighted by Gasteiger charge is 2.31. The maximum Gasteiger partial charge on any atom is 0.416 e. The van der Waals surface area contributed by atoms with E-state index in [0.717, 1.165) is 18.2 Å². The Morgan fingerprint density at radius 2 is 1.73 bits per heavy atom. The molecule has 0 aliphatic rings. The van der Waals surface area contributed by atoms with Crippen LogP contribution in [-0.2, 0) is 16.2 Å². The van der Waals surface area contributed by atoms with E-state index in [1.165, 1.54) is 25.1 Å². The Morgan fingerprint density at radius 1 is 1.03 bits per heavy atom. The zero-order valence-electron chi connectivity index (χ0n) is 15.7. The summed E-state index contributed by atoms with van der Waals surface area (Å²) in [5.74, 6) is -0.650. The average molecular weight is 459 g/mol. The van der Waals surface area contributed by atoms with Gasteiger partial charge in [-0.15, -0.1) is 0 Å². The predicted octanol–water partition coefficient (Wildman–Crippen LogP) is 5.98. The van der Waals surface area contributed by atoms with Gasteiger partial charge >= 0.3 is 6.18 Å². The molecule has 0 atom stereocenters. The van der Waals surface area contributed by atoms with Gasteiger partial charge in [0.2, 0.25) is 0 Å².